The number of pyridine rings is 1. The Balaban J connectivity index is 1.81. The van der Waals surface area contributed by atoms with Crippen molar-refractivity contribution in [1.82, 2.24) is 10.0 Å². The predicted octanol–water partition coefficient (Wildman–Crippen LogP) is 1.03. The first-order chi connectivity index (χ1) is 12.0. The third kappa shape index (κ3) is 3.22. The molecule has 25 heavy (non-hydrogen) atoms. The van der Waals surface area contributed by atoms with Crippen LogP contribution in [0.25, 0.3) is 0 Å². The van der Waals surface area contributed by atoms with Crippen molar-refractivity contribution in [2.75, 3.05) is 5.75 Å². The van der Waals surface area contributed by atoms with Gasteiger partial charge < -0.3 is 10.6 Å². The van der Waals surface area contributed by atoms with Crippen LogP contribution in [0, 0.1) is 0 Å². The highest BCUT2D eigenvalue weighted by atomic mass is 32.2. The molecule has 3 amide bonds. The van der Waals surface area contributed by atoms with Crippen molar-refractivity contribution in [2.45, 2.75) is 5.03 Å². The van der Waals surface area contributed by atoms with Gasteiger partial charge in [-0.15, -0.1) is 0 Å². The first kappa shape index (κ1) is 16.7. The van der Waals surface area contributed by atoms with Gasteiger partial charge in [-0.3, -0.25) is 14.4 Å². The summed E-state index contributed by atoms with van der Waals surface area (Å²) in [5, 5.41) is 0.630. The molecule has 2 N–H and O–H groups in total. The number of aromatic nitrogens is 1. The zero-order valence-electron chi connectivity index (χ0n) is 12.7. The fraction of sp³-hybridized carbons (Fsp3) is 0.0625. The maximum absolute atomic E-state index is 12.4. The van der Waals surface area contributed by atoms with Crippen LogP contribution >= 0.6 is 11.8 Å². The number of primary amides is 1. The first-order valence-corrected chi connectivity index (χ1v) is 8.04. The minimum Gasteiger partial charge on any atom is -0.369 e. The molecule has 2 aromatic rings. The van der Waals surface area contributed by atoms with Gasteiger partial charge in [0.2, 0.25) is 5.91 Å². The van der Waals surface area contributed by atoms with Gasteiger partial charge in [0.05, 0.1) is 22.4 Å². The molecule has 3 rings (SSSR count). The smallest absolute Gasteiger partial charge is 0.366 e. The number of nitrogens with two attached hydrogens (primary N) is 1. The predicted molar refractivity (Wildman–Crippen MR) is 86.5 cm³/mol. The second kappa shape index (κ2) is 6.73. The lowest BCUT2D eigenvalue weighted by atomic mass is 10.1. The second-order valence-corrected chi connectivity index (χ2v) is 5.90. The fourth-order valence-electron chi connectivity index (χ4n) is 2.18. The minimum atomic E-state index is -0.936. The molecule has 0 spiro atoms. The minimum absolute atomic E-state index is 0.0188. The average Bonchev–Trinajstić information content (AvgIpc) is 2.85. The summed E-state index contributed by atoms with van der Waals surface area (Å²) in [7, 11) is 0. The van der Waals surface area contributed by atoms with E-state index < -0.39 is 23.7 Å². The standard InChI is InChI=1S/C16H11N3O5S/c17-12(20)8-25-13-11(6-3-7-18-13)16(23)24-19-14(21)9-4-1-2-5-10(9)15(19)22/h1-7H,8H2,(H2,17,20). The Kier molecular flexibility index (Phi) is 4.48. The number of nitrogens with zero attached hydrogens (tertiary/aromatic N) is 2. The Bertz CT molecular complexity index is 864. The molecule has 9 heteroatoms. The molecule has 1 aliphatic rings. The molecule has 1 aliphatic heterocycles. The molecule has 0 fully saturated rings. The summed E-state index contributed by atoms with van der Waals surface area (Å²) in [6.45, 7) is 0. The quantitative estimate of drug-likeness (QED) is 0.627. The maximum Gasteiger partial charge on any atom is 0.366 e. The Morgan fingerprint density at radius 1 is 1.08 bits per heavy atom. The number of fused-ring (bicyclic) bond motifs is 1. The van der Waals surface area contributed by atoms with Gasteiger partial charge in [-0.1, -0.05) is 29.0 Å². The van der Waals surface area contributed by atoms with E-state index in [-0.39, 0.29) is 27.5 Å². The summed E-state index contributed by atoms with van der Waals surface area (Å²) in [4.78, 5) is 56.7. The van der Waals surface area contributed by atoms with E-state index >= 15 is 0 Å². The molecule has 0 aliphatic carbocycles. The van der Waals surface area contributed by atoms with E-state index in [1.54, 1.807) is 12.1 Å². The number of imide groups is 1. The summed E-state index contributed by atoms with van der Waals surface area (Å²) < 4.78 is 0. The summed E-state index contributed by atoms with van der Waals surface area (Å²) in [5.74, 6) is -3.03. The molecule has 2 heterocycles. The largest absolute Gasteiger partial charge is 0.369 e. The van der Waals surface area contributed by atoms with E-state index in [9.17, 15) is 19.2 Å². The van der Waals surface area contributed by atoms with Crippen molar-refractivity contribution in [1.29, 1.82) is 0 Å². The molecule has 1 aromatic heterocycles. The Hall–Kier alpha value is -3.20. The Labute approximate surface area is 145 Å². The van der Waals surface area contributed by atoms with Crippen LogP contribution in [-0.2, 0) is 9.63 Å². The first-order valence-electron chi connectivity index (χ1n) is 7.05. The third-order valence-corrected chi connectivity index (χ3v) is 4.30. The molecular weight excluding hydrogens is 346 g/mol. The van der Waals surface area contributed by atoms with Crippen molar-refractivity contribution in [3.63, 3.8) is 0 Å². The van der Waals surface area contributed by atoms with Gasteiger partial charge in [-0.25, -0.2) is 9.78 Å². The lowest BCUT2D eigenvalue weighted by Crippen LogP contribution is -2.32. The topological polar surface area (TPSA) is 120 Å². The molecule has 0 unspecified atom stereocenters. The molecule has 8 nitrogen and oxygen atoms in total. The number of hydroxylamine groups is 2. The molecule has 0 saturated carbocycles. The van der Waals surface area contributed by atoms with Crippen LogP contribution in [0.3, 0.4) is 0 Å². The van der Waals surface area contributed by atoms with Gasteiger partial charge in [-0.05, 0) is 24.3 Å². The number of hydrogen-bond acceptors (Lipinski definition) is 7. The average molecular weight is 357 g/mol. The molecule has 1 aromatic carbocycles. The highest BCUT2D eigenvalue weighted by Gasteiger charge is 2.39. The third-order valence-electron chi connectivity index (χ3n) is 3.27. The van der Waals surface area contributed by atoms with Crippen molar-refractivity contribution in [3.05, 3.63) is 59.3 Å². The van der Waals surface area contributed by atoms with Gasteiger partial charge in [0.1, 0.15) is 5.03 Å². The Morgan fingerprint density at radius 2 is 1.72 bits per heavy atom. The molecule has 0 atom stereocenters. The van der Waals surface area contributed by atoms with Crippen LogP contribution in [0.2, 0.25) is 0 Å². The zero-order valence-corrected chi connectivity index (χ0v) is 13.5. The lowest BCUT2D eigenvalue weighted by molar-refractivity contribution is -0.115. The van der Waals surface area contributed by atoms with Gasteiger partial charge in [-0.2, -0.15) is 0 Å². The summed E-state index contributed by atoms with van der Waals surface area (Å²) >= 11 is 0.955. The van der Waals surface area contributed by atoms with Crippen molar-refractivity contribution in [3.8, 4) is 0 Å². The summed E-state index contributed by atoms with van der Waals surface area (Å²) in [5.41, 5.74) is 5.42. The number of amides is 3. The van der Waals surface area contributed by atoms with Gasteiger partial charge in [0.25, 0.3) is 11.8 Å². The summed E-state index contributed by atoms with van der Waals surface area (Å²) in [6, 6.07) is 9.07. The number of benzene rings is 1. The van der Waals surface area contributed by atoms with E-state index in [1.807, 2.05) is 0 Å². The normalized spacial score (nSPS) is 12.9. The van der Waals surface area contributed by atoms with Crippen molar-refractivity contribution in [2.24, 2.45) is 5.73 Å². The molecular formula is C16H11N3O5S. The Morgan fingerprint density at radius 3 is 2.32 bits per heavy atom. The van der Waals surface area contributed by atoms with E-state index in [4.69, 9.17) is 10.6 Å². The van der Waals surface area contributed by atoms with Crippen LogP contribution in [0.15, 0.2) is 47.6 Å². The molecule has 0 radical (unpaired) electrons. The van der Waals surface area contributed by atoms with Crippen LogP contribution in [-0.4, -0.2) is 39.5 Å². The molecule has 0 saturated heterocycles. The van der Waals surface area contributed by atoms with E-state index in [2.05, 4.69) is 4.98 Å². The SMILES string of the molecule is NC(=O)CSc1ncccc1C(=O)ON1C(=O)c2ccccc2C1=O. The monoisotopic (exact) mass is 357 g/mol. The van der Waals surface area contributed by atoms with E-state index in [1.165, 1.54) is 30.5 Å². The number of carbonyl (C=O) groups is 4. The van der Waals surface area contributed by atoms with Crippen LogP contribution in [0.1, 0.15) is 31.1 Å². The molecule has 0 bridgehead atoms. The van der Waals surface area contributed by atoms with Crippen molar-refractivity contribution < 1.29 is 24.0 Å². The molecule has 126 valence electrons. The summed E-state index contributed by atoms with van der Waals surface area (Å²) in [6.07, 6.45) is 1.43. The number of carbonyl (C=O) groups excluding carboxylic acids is 4. The van der Waals surface area contributed by atoms with Gasteiger partial charge >= 0.3 is 5.97 Å². The van der Waals surface area contributed by atoms with E-state index in [0.717, 1.165) is 11.8 Å². The zero-order chi connectivity index (χ0) is 18.0. The van der Waals surface area contributed by atoms with Gasteiger partial charge in [0, 0.05) is 6.20 Å². The highest BCUT2D eigenvalue weighted by Crippen LogP contribution is 2.25. The highest BCUT2D eigenvalue weighted by molar-refractivity contribution is 8.00. The second-order valence-electron chi connectivity index (χ2n) is 4.94. The van der Waals surface area contributed by atoms with Crippen LogP contribution in [0.4, 0.5) is 0 Å². The van der Waals surface area contributed by atoms with Crippen molar-refractivity contribution >= 4 is 35.5 Å². The number of hydrogen-bond donors (Lipinski definition) is 1. The van der Waals surface area contributed by atoms with E-state index in [0.29, 0.717) is 5.06 Å². The van der Waals surface area contributed by atoms with Gasteiger partial charge in [0.15, 0.2) is 0 Å². The van der Waals surface area contributed by atoms with Crippen LogP contribution < -0.4 is 5.73 Å². The van der Waals surface area contributed by atoms with Crippen LogP contribution in [0.5, 0.6) is 0 Å². The number of rotatable bonds is 5. The maximum atomic E-state index is 12.4. The lowest BCUT2D eigenvalue weighted by Gasteiger charge is -2.13. The fourth-order valence-corrected chi connectivity index (χ4v) is 2.90. The number of thioether (sulfide) groups is 1.